The highest BCUT2D eigenvalue weighted by molar-refractivity contribution is 5.99. The molecule has 1 unspecified atom stereocenters. The summed E-state index contributed by atoms with van der Waals surface area (Å²) in [6, 6.07) is 4.53. The molecular weight excluding hydrogens is 272 g/mol. The van der Waals surface area contributed by atoms with Gasteiger partial charge in [-0.15, -0.1) is 0 Å². The molecule has 1 aliphatic rings. The molecule has 1 atom stereocenters. The number of hydrogen-bond acceptors (Lipinski definition) is 4. The van der Waals surface area contributed by atoms with E-state index in [1.165, 1.54) is 19.2 Å². The van der Waals surface area contributed by atoms with Crippen LogP contribution >= 0.6 is 0 Å². The molecule has 1 fully saturated rings. The van der Waals surface area contributed by atoms with Crippen LogP contribution in [0.2, 0.25) is 0 Å². The Balaban J connectivity index is 2.19. The molecule has 21 heavy (non-hydrogen) atoms. The van der Waals surface area contributed by atoms with E-state index in [1.54, 1.807) is 6.07 Å². The van der Waals surface area contributed by atoms with Crippen molar-refractivity contribution in [3.8, 4) is 5.75 Å². The van der Waals surface area contributed by atoms with Gasteiger partial charge in [-0.2, -0.15) is 0 Å². The van der Waals surface area contributed by atoms with Gasteiger partial charge in [0.1, 0.15) is 11.3 Å². The summed E-state index contributed by atoms with van der Waals surface area (Å²) in [7, 11) is 1.40. The van der Waals surface area contributed by atoms with Crippen LogP contribution in [0.15, 0.2) is 18.2 Å². The molecule has 114 valence electrons. The fourth-order valence-electron chi connectivity index (χ4n) is 2.66. The first-order chi connectivity index (χ1) is 10.0. The van der Waals surface area contributed by atoms with Crippen molar-refractivity contribution in [2.75, 3.05) is 19.0 Å². The maximum Gasteiger partial charge on any atom is 0.339 e. The van der Waals surface area contributed by atoms with Crippen molar-refractivity contribution in [1.82, 2.24) is 5.32 Å². The average Bonchev–Trinajstić information content (AvgIpc) is 2.97. The number of carboxylic acids is 1. The summed E-state index contributed by atoms with van der Waals surface area (Å²) in [5.41, 5.74) is 0.0710. The number of nitrogens with one attached hydrogen (secondary N) is 2. The Hall–Kier alpha value is -2.08. The summed E-state index contributed by atoms with van der Waals surface area (Å²) in [6.45, 7) is 2.81. The highest BCUT2D eigenvalue weighted by Crippen LogP contribution is 2.27. The lowest BCUT2D eigenvalue weighted by atomic mass is 9.93. The SMILES string of the molecule is CCC1(C(=O)Nc2ccc(C(=O)O)c(OC)c2)CCCN1. The fourth-order valence-corrected chi connectivity index (χ4v) is 2.66. The second-order valence-electron chi connectivity index (χ2n) is 5.14. The summed E-state index contributed by atoms with van der Waals surface area (Å²) in [6.07, 6.45) is 2.49. The predicted molar refractivity (Wildman–Crippen MR) is 78.8 cm³/mol. The highest BCUT2D eigenvalue weighted by atomic mass is 16.5. The van der Waals surface area contributed by atoms with E-state index < -0.39 is 11.5 Å². The molecule has 0 spiro atoms. The van der Waals surface area contributed by atoms with Gasteiger partial charge >= 0.3 is 5.97 Å². The maximum absolute atomic E-state index is 12.5. The van der Waals surface area contributed by atoms with E-state index >= 15 is 0 Å². The predicted octanol–water partition coefficient (Wildman–Crippen LogP) is 1.86. The van der Waals surface area contributed by atoms with Gasteiger partial charge in [0, 0.05) is 11.8 Å². The molecule has 1 aromatic carbocycles. The fraction of sp³-hybridized carbons (Fsp3) is 0.467. The van der Waals surface area contributed by atoms with Gasteiger partial charge in [0.2, 0.25) is 5.91 Å². The smallest absolute Gasteiger partial charge is 0.339 e. The number of carbonyl (C=O) groups is 2. The van der Waals surface area contributed by atoms with Gasteiger partial charge in [-0.25, -0.2) is 4.79 Å². The lowest BCUT2D eigenvalue weighted by Crippen LogP contribution is -2.50. The molecule has 0 aromatic heterocycles. The van der Waals surface area contributed by atoms with Gasteiger partial charge in [0.15, 0.2) is 0 Å². The first-order valence-electron chi connectivity index (χ1n) is 7.00. The van der Waals surface area contributed by atoms with E-state index in [2.05, 4.69) is 10.6 Å². The van der Waals surface area contributed by atoms with E-state index in [0.29, 0.717) is 12.1 Å². The van der Waals surface area contributed by atoms with Gasteiger partial charge in [0.05, 0.1) is 12.6 Å². The Kier molecular flexibility index (Phi) is 4.47. The van der Waals surface area contributed by atoms with Crippen molar-refractivity contribution in [3.63, 3.8) is 0 Å². The Labute approximate surface area is 123 Å². The number of carboxylic acid groups (broad SMARTS) is 1. The van der Waals surface area contributed by atoms with Gasteiger partial charge in [0.25, 0.3) is 0 Å². The maximum atomic E-state index is 12.5. The normalized spacial score (nSPS) is 21.0. The van der Waals surface area contributed by atoms with Crippen LogP contribution in [0.1, 0.15) is 36.5 Å². The van der Waals surface area contributed by atoms with Crippen LogP contribution in [0.3, 0.4) is 0 Å². The number of aromatic carboxylic acids is 1. The molecule has 1 aliphatic heterocycles. The van der Waals surface area contributed by atoms with Crippen molar-refractivity contribution in [1.29, 1.82) is 0 Å². The minimum atomic E-state index is -1.06. The standard InChI is InChI=1S/C15H20N2O4/c1-3-15(7-4-8-16-15)14(20)17-10-5-6-11(13(18)19)12(9-10)21-2/h5-6,9,16H,3-4,7-8H2,1-2H3,(H,17,20)(H,18,19). The number of amides is 1. The zero-order chi connectivity index (χ0) is 15.5. The molecular formula is C15H20N2O4. The van der Waals surface area contributed by atoms with Crippen LogP contribution in [-0.2, 0) is 4.79 Å². The Bertz CT molecular complexity index is 551. The second-order valence-corrected chi connectivity index (χ2v) is 5.14. The van der Waals surface area contributed by atoms with Crippen LogP contribution in [0, 0.1) is 0 Å². The summed E-state index contributed by atoms with van der Waals surface area (Å²) >= 11 is 0. The number of ether oxygens (including phenoxy) is 1. The Morgan fingerprint density at radius 3 is 2.76 bits per heavy atom. The monoisotopic (exact) mass is 292 g/mol. The lowest BCUT2D eigenvalue weighted by Gasteiger charge is -2.26. The quantitative estimate of drug-likeness (QED) is 0.771. The highest BCUT2D eigenvalue weighted by Gasteiger charge is 2.39. The molecule has 1 amide bonds. The summed E-state index contributed by atoms with van der Waals surface area (Å²) < 4.78 is 5.06. The van der Waals surface area contributed by atoms with Gasteiger partial charge in [-0.3, -0.25) is 4.79 Å². The number of methoxy groups -OCH3 is 1. The molecule has 0 aliphatic carbocycles. The largest absolute Gasteiger partial charge is 0.496 e. The van der Waals surface area contributed by atoms with E-state index in [9.17, 15) is 9.59 Å². The van der Waals surface area contributed by atoms with Crippen LogP contribution in [-0.4, -0.2) is 36.2 Å². The van der Waals surface area contributed by atoms with E-state index in [0.717, 1.165) is 19.4 Å². The number of carbonyl (C=O) groups excluding carboxylic acids is 1. The second kappa shape index (κ2) is 6.13. The third-order valence-electron chi connectivity index (χ3n) is 3.97. The van der Waals surface area contributed by atoms with Crippen LogP contribution in [0.4, 0.5) is 5.69 Å². The molecule has 0 radical (unpaired) electrons. The van der Waals surface area contributed by atoms with Crippen molar-refractivity contribution >= 4 is 17.6 Å². The summed E-state index contributed by atoms with van der Waals surface area (Å²) in [5, 5.41) is 15.1. The molecule has 0 bridgehead atoms. The minimum Gasteiger partial charge on any atom is -0.496 e. The molecule has 3 N–H and O–H groups in total. The van der Waals surface area contributed by atoms with Gasteiger partial charge < -0.3 is 20.5 Å². The first kappa shape index (κ1) is 15.3. The van der Waals surface area contributed by atoms with E-state index in [4.69, 9.17) is 9.84 Å². The van der Waals surface area contributed by atoms with Crippen LogP contribution < -0.4 is 15.4 Å². The third kappa shape index (κ3) is 3.00. The van der Waals surface area contributed by atoms with Crippen molar-refractivity contribution < 1.29 is 19.4 Å². The van der Waals surface area contributed by atoms with Crippen molar-refractivity contribution in [2.24, 2.45) is 0 Å². The average molecular weight is 292 g/mol. The van der Waals surface area contributed by atoms with Crippen LogP contribution in [0.25, 0.3) is 0 Å². The summed E-state index contributed by atoms with van der Waals surface area (Å²) in [4.78, 5) is 23.5. The molecule has 0 saturated carbocycles. The molecule has 1 saturated heterocycles. The zero-order valence-corrected chi connectivity index (χ0v) is 12.2. The van der Waals surface area contributed by atoms with E-state index in [-0.39, 0.29) is 17.2 Å². The first-order valence-corrected chi connectivity index (χ1v) is 7.00. The minimum absolute atomic E-state index is 0.0692. The number of anilines is 1. The van der Waals surface area contributed by atoms with Crippen molar-refractivity contribution in [2.45, 2.75) is 31.7 Å². The topological polar surface area (TPSA) is 87.7 Å². The van der Waals surface area contributed by atoms with Gasteiger partial charge in [-0.05, 0) is 37.9 Å². The Morgan fingerprint density at radius 2 is 2.24 bits per heavy atom. The molecule has 1 heterocycles. The molecule has 2 rings (SSSR count). The van der Waals surface area contributed by atoms with Crippen molar-refractivity contribution in [3.05, 3.63) is 23.8 Å². The molecule has 1 aromatic rings. The van der Waals surface area contributed by atoms with E-state index in [1.807, 2.05) is 6.92 Å². The van der Waals surface area contributed by atoms with Gasteiger partial charge in [-0.1, -0.05) is 6.92 Å². The zero-order valence-electron chi connectivity index (χ0n) is 12.2. The molecule has 6 nitrogen and oxygen atoms in total. The number of hydrogen-bond donors (Lipinski definition) is 3. The Morgan fingerprint density at radius 1 is 1.48 bits per heavy atom. The summed E-state index contributed by atoms with van der Waals surface area (Å²) in [5.74, 6) is -0.926. The molecule has 6 heteroatoms. The third-order valence-corrected chi connectivity index (χ3v) is 3.97. The lowest BCUT2D eigenvalue weighted by molar-refractivity contribution is -0.122. The number of rotatable bonds is 5. The number of benzene rings is 1. The van der Waals surface area contributed by atoms with Crippen LogP contribution in [0.5, 0.6) is 5.75 Å².